The summed E-state index contributed by atoms with van der Waals surface area (Å²) in [6.07, 6.45) is 30.2. The molecular weight excluding hydrogens is 352 g/mol. The van der Waals surface area contributed by atoms with Crippen molar-refractivity contribution in [1.29, 1.82) is 0 Å². The fourth-order valence-electron chi connectivity index (χ4n) is 4.32. The summed E-state index contributed by atoms with van der Waals surface area (Å²) in [5.41, 5.74) is 0.519. The van der Waals surface area contributed by atoms with Gasteiger partial charge in [0.05, 0.1) is 12.2 Å². The molecule has 29 heavy (non-hydrogen) atoms. The molecule has 1 aliphatic rings. The normalized spacial score (nSPS) is 20.5. The minimum atomic E-state index is 0.198. The van der Waals surface area contributed by atoms with Crippen molar-refractivity contribution in [1.82, 2.24) is 0 Å². The van der Waals surface area contributed by atoms with Crippen LogP contribution in [-0.2, 0) is 4.74 Å². The van der Waals surface area contributed by atoms with Gasteiger partial charge in [-0.2, -0.15) is 0 Å². The summed E-state index contributed by atoms with van der Waals surface area (Å²) in [5, 5.41) is 0. The number of epoxide rings is 1. The summed E-state index contributed by atoms with van der Waals surface area (Å²) >= 11 is 0. The lowest BCUT2D eigenvalue weighted by Gasteiger charge is -2.23. The molecule has 168 valence electrons. The number of ether oxygens (including phenoxy) is 1. The Morgan fingerprint density at radius 2 is 1.38 bits per heavy atom. The number of allylic oxidation sites excluding steroid dienone is 6. The van der Waals surface area contributed by atoms with Gasteiger partial charge in [0.1, 0.15) is 0 Å². The highest BCUT2D eigenvalue weighted by Crippen LogP contribution is 2.46. The van der Waals surface area contributed by atoms with E-state index < -0.39 is 0 Å². The molecule has 1 fully saturated rings. The Balaban J connectivity index is 2.12. The van der Waals surface area contributed by atoms with Crippen LogP contribution in [0.2, 0.25) is 0 Å². The third-order valence-electron chi connectivity index (χ3n) is 6.16. The largest absolute Gasteiger partial charge is 0.369 e. The van der Waals surface area contributed by atoms with E-state index in [2.05, 4.69) is 78.0 Å². The van der Waals surface area contributed by atoms with Crippen molar-refractivity contribution < 1.29 is 4.74 Å². The van der Waals surface area contributed by atoms with Gasteiger partial charge >= 0.3 is 0 Å². The van der Waals surface area contributed by atoms with Gasteiger partial charge in [0, 0.05) is 0 Å². The molecule has 0 N–H and O–H groups in total. The molecule has 0 bridgehead atoms. The number of hydrogen-bond donors (Lipinski definition) is 0. The van der Waals surface area contributed by atoms with Crippen molar-refractivity contribution in [3.63, 3.8) is 0 Å². The Morgan fingerprint density at radius 1 is 0.724 bits per heavy atom. The van der Waals surface area contributed by atoms with Gasteiger partial charge in [0.2, 0.25) is 0 Å². The highest BCUT2D eigenvalue weighted by atomic mass is 16.6. The molecule has 1 heteroatoms. The highest BCUT2D eigenvalue weighted by Gasteiger charge is 2.50. The summed E-state index contributed by atoms with van der Waals surface area (Å²) in [7, 11) is 0. The van der Waals surface area contributed by atoms with Crippen molar-refractivity contribution >= 4 is 0 Å². The smallest absolute Gasteiger partial charge is 0.0892 e. The minimum absolute atomic E-state index is 0.198. The SMILES string of the molecule is CCCCCCCC/C=C/CC/C=C/C=C/C(C)(C)CC1OC1C(C)(C)CCC. The van der Waals surface area contributed by atoms with Crippen LogP contribution in [-0.4, -0.2) is 12.2 Å². The van der Waals surface area contributed by atoms with Crippen LogP contribution in [0, 0.1) is 10.8 Å². The monoisotopic (exact) mass is 402 g/mol. The average molecular weight is 403 g/mol. The molecule has 1 rings (SSSR count). The molecule has 0 amide bonds. The van der Waals surface area contributed by atoms with Crippen LogP contribution in [0.5, 0.6) is 0 Å². The summed E-state index contributed by atoms with van der Waals surface area (Å²) < 4.78 is 6.03. The van der Waals surface area contributed by atoms with E-state index in [9.17, 15) is 0 Å². The zero-order valence-electron chi connectivity index (χ0n) is 20.5. The van der Waals surface area contributed by atoms with E-state index in [-0.39, 0.29) is 5.41 Å². The third-order valence-corrected chi connectivity index (χ3v) is 6.16. The predicted molar refractivity (Wildman–Crippen MR) is 130 cm³/mol. The second-order valence-electron chi connectivity index (χ2n) is 10.4. The second kappa shape index (κ2) is 14.2. The molecule has 1 heterocycles. The Bertz CT molecular complexity index is 494. The zero-order valence-corrected chi connectivity index (χ0v) is 20.5. The second-order valence-corrected chi connectivity index (χ2v) is 10.4. The van der Waals surface area contributed by atoms with Crippen LogP contribution >= 0.6 is 0 Å². The van der Waals surface area contributed by atoms with Crippen molar-refractivity contribution in [3.05, 3.63) is 36.5 Å². The maximum Gasteiger partial charge on any atom is 0.0892 e. The van der Waals surface area contributed by atoms with Gasteiger partial charge in [0.15, 0.2) is 0 Å². The first-order valence-electron chi connectivity index (χ1n) is 12.5. The van der Waals surface area contributed by atoms with Crippen molar-refractivity contribution in [3.8, 4) is 0 Å². The van der Waals surface area contributed by atoms with Gasteiger partial charge in [-0.3, -0.25) is 0 Å². The summed E-state index contributed by atoms with van der Waals surface area (Å²) in [6, 6.07) is 0. The van der Waals surface area contributed by atoms with Gasteiger partial charge in [-0.05, 0) is 49.4 Å². The number of unbranched alkanes of at least 4 members (excludes halogenated alkanes) is 7. The summed E-state index contributed by atoms with van der Waals surface area (Å²) in [4.78, 5) is 0. The van der Waals surface area contributed by atoms with E-state index in [1.165, 1.54) is 57.8 Å². The first-order chi connectivity index (χ1) is 13.8. The van der Waals surface area contributed by atoms with Crippen LogP contribution in [0.4, 0.5) is 0 Å². The lowest BCUT2D eigenvalue weighted by Crippen LogP contribution is -2.22. The third kappa shape index (κ3) is 12.5. The molecule has 0 radical (unpaired) electrons. The molecule has 0 aromatic heterocycles. The van der Waals surface area contributed by atoms with E-state index in [0.717, 1.165) is 19.3 Å². The van der Waals surface area contributed by atoms with Crippen LogP contribution < -0.4 is 0 Å². The van der Waals surface area contributed by atoms with Gasteiger partial charge in [-0.1, -0.05) is 117 Å². The van der Waals surface area contributed by atoms with Crippen molar-refractivity contribution in [2.45, 2.75) is 131 Å². The van der Waals surface area contributed by atoms with E-state index in [4.69, 9.17) is 4.74 Å². The van der Waals surface area contributed by atoms with Crippen LogP contribution in [0.15, 0.2) is 36.5 Å². The van der Waals surface area contributed by atoms with Gasteiger partial charge in [-0.15, -0.1) is 0 Å². The molecular formula is C28H50O. The van der Waals surface area contributed by atoms with E-state index in [1.54, 1.807) is 0 Å². The van der Waals surface area contributed by atoms with E-state index >= 15 is 0 Å². The topological polar surface area (TPSA) is 12.5 Å². The van der Waals surface area contributed by atoms with Gasteiger partial charge in [-0.25, -0.2) is 0 Å². The Labute approximate surface area is 183 Å². The zero-order chi connectivity index (χ0) is 21.6. The fraction of sp³-hybridized carbons (Fsp3) is 0.786. The predicted octanol–water partition coefficient (Wildman–Crippen LogP) is 9.20. The first kappa shape index (κ1) is 26.2. The maximum atomic E-state index is 6.03. The fourth-order valence-corrected chi connectivity index (χ4v) is 4.32. The van der Waals surface area contributed by atoms with E-state index in [1.807, 2.05) is 0 Å². The Hall–Kier alpha value is -0.820. The van der Waals surface area contributed by atoms with Crippen molar-refractivity contribution in [2.75, 3.05) is 0 Å². The average Bonchev–Trinajstić information content (AvgIpc) is 3.41. The number of rotatable bonds is 17. The summed E-state index contributed by atoms with van der Waals surface area (Å²) in [5.74, 6) is 0. The van der Waals surface area contributed by atoms with E-state index in [0.29, 0.717) is 17.6 Å². The first-order valence-corrected chi connectivity index (χ1v) is 12.5. The van der Waals surface area contributed by atoms with Gasteiger partial charge in [0.25, 0.3) is 0 Å². The summed E-state index contributed by atoms with van der Waals surface area (Å²) in [6.45, 7) is 13.9. The maximum absolute atomic E-state index is 6.03. The Morgan fingerprint density at radius 3 is 2.10 bits per heavy atom. The lowest BCUT2D eigenvalue weighted by atomic mass is 9.79. The molecule has 2 atom stereocenters. The molecule has 0 saturated carbocycles. The number of hydrogen-bond acceptors (Lipinski definition) is 1. The van der Waals surface area contributed by atoms with Gasteiger partial charge < -0.3 is 4.74 Å². The highest BCUT2D eigenvalue weighted by molar-refractivity contribution is 5.09. The molecule has 0 spiro atoms. The molecule has 0 aromatic carbocycles. The standard InChI is InChI=1S/C28H50O/c1-7-9-10-11-12-13-14-15-16-17-18-19-20-21-23-27(3,4)24-25-26(29-25)28(5,6)22-8-2/h15-16,19-21,23,25-26H,7-14,17-18,22,24H2,1-6H3/b16-15+,20-19+,23-21+. The van der Waals surface area contributed by atoms with Crippen LogP contribution in [0.3, 0.4) is 0 Å². The molecule has 0 aromatic rings. The Kier molecular flexibility index (Phi) is 12.9. The van der Waals surface area contributed by atoms with Crippen LogP contribution in [0.25, 0.3) is 0 Å². The quantitative estimate of drug-likeness (QED) is 0.102. The lowest BCUT2D eigenvalue weighted by molar-refractivity contribution is 0.221. The minimum Gasteiger partial charge on any atom is -0.369 e. The van der Waals surface area contributed by atoms with Crippen LogP contribution in [0.1, 0.15) is 119 Å². The molecule has 1 aliphatic heterocycles. The molecule has 2 unspecified atom stereocenters. The van der Waals surface area contributed by atoms with Crippen molar-refractivity contribution in [2.24, 2.45) is 10.8 Å². The molecule has 0 aliphatic carbocycles. The molecule has 1 saturated heterocycles. The molecule has 1 nitrogen and oxygen atoms in total.